The monoisotopic (exact) mass is 276 g/mol. The molecule has 8 heteroatoms. The minimum absolute atomic E-state index is 0.0354. The predicted molar refractivity (Wildman–Crippen MR) is 65.4 cm³/mol. The van der Waals surface area contributed by atoms with Gasteiger partial charge < -0.3 is 14.4 Å². The van der Waals surface area contributed by atoms with Crippen LogP contribution in [-0.2, 0) is 0 Å². The first-order chi connectivity index (χ1) is 9.56. The fourth-order valence-electron chi connectivity index (χ4n) is 2.12. The van der Waals surface area contributed by atoms with E-state index in [1.807, 2.05) is 0 Å². The highest BCUT2D eigenvalue weighted by atomic mass is 16.4. The van der Waals surface area contributed by atoms with Gasteiger partial charge in [0.25, 0.3) is 5.91 Å². The number of carboxylic acid groups (broad SMARTS) is 1. The Hall–Kier alpha value is -2.64. The van der Waals surface area contributed by atoms with Gasteiger partial charge in [0.15, 0.2) is 5.69 Å². The van der Waals surface area contributed by atoms with Gasteiger partial charge in [-0.2, -0.15) is 0 Å². The van der Waals surface area contributed by atoms with Crippen molar-refractivity contribution in [2.75, 3.05) is 13.1 Å². The number of aromatic nitrogens is 3. The molecule has 104 valence electrons. The largest absolute Gasteiger partial charge is 0.476 e. The molecule has 0 radical (unpaired) electrons. The van der Waals surface area contributed by atoms with Crippen LogP contribution in [0, 0.1) is 6.92 Å². The van der Waals surface area contributed by atoms with Crippen molar-refractivity contribution in [1.82, 2.24) is 19.9 Å². The van der Waals surface area contributed by atoms with E-state index in [9.17, 15) is 9.59 Å². The van der Waals surface area contributed by atoms with Gasteiger partial charge >= 0.3 is 5.97 Å². The van der Waals surface area contributed by atoms with E-state index in [4.69, 9.17) is 9.52 Å². The van der Waals surface area contributed by atoms with Gasteiger partial charge in [-0.3, -0.25) is 4.79 Å². The average Bonchev–Trinajstić information content (AvgIpc) is 2.95. The van der Waals surface area contributed by atoms with Crippen molar-refractivity contribution in [2.45, 2.75) is 13.0 Å². The molecule has 0 spiro atoms. The van der Waals surface area contributed by atoms with Crippen LogP contribution in [0.4, 0.5) is 0 Å². The van der Waals surface area contributed by atoms with E-state index in [1.165, 1.54) is 17.1 Å². The van der Waals surface area contributed by atoms with E-state index in [-0.39, 0.29) is 17.6 Å². The molecule has 2 aromatic heterocycles. The van der Waals surface area contributed by atoms with Crippen molar-refractivity contribution < 1.29 is 19.1 Å². The maximum absolute atomic E-state index is 12.1. The zero-order chi connectivity index (χ0) is 14.3. The maximum atomic E-state index is 12.1. The van der Waals surface area contributed by atoms with Gasteiger partial charge in [0.2, 0.25) is 0 Å². The number of likely N-dealkylation sites (tertiary alicyclic amines) is 1. The molecule has 0 atom stereocenters. The fourth-order valence-corrected chi connectivity index (χ4v) is 2.12. The molecule has 1 amide bonds. The highest BCUT2D eigenvalue weighted by Gasteiger charge is 2.34. The molecule has 3 rings (SSSR count). The summed E-state index contributed by atoms with van der Waals surface area (Å²) in [6.45, 7) is 2.69. The first-order valence-electron chi connectivity index (χ1n) is 6.04. The maximum Gasteiger partial charge on any atom is 0.358 e. The Bertz CT molecular complexity index is 669. The minimum Gasteiger partial charge on any atom is -0.476 e. The molecule has 0 unspecified atom stereocenters. The van der Waals surface area contributed by atoms with Gasteiger partial charge in [-0.1, -0.05) is 5.21 Å². The van der Waals surface area contributed by atoms with Crippen LogP contribution >= 0.6 is 0 Å². The number of aromatic carboxylic acids is 1. The van der Waals surface area contributed by atoms with Crippen LogP contribution in [0.1, 0.15) is 32.6 Å². The van der Waals surface area contributed by atoms with Gasteiger partial charge in [0.05, 0.1) is 24.1 Å². The van der Waals surface area contributed by atoms with Crippen molar-refractivity contribution in [1.29, 1.82) is 0 Å². The van der Waals surface area contributed by atoms with Crippen LogP contribution in [0.3, 0.4) is 0 Å². The lowest BCUT2D eigenvalue weighted by Crippen LogP contribution is -2.51. The third-order valence-electron chi connectivity index (χ3n) is 3.34. The Morgan fingerprint density at radius 2 is 2.20 bits per heavy atom. The molecular weight excluding hydrogens is 264 g/mol. The van der Waals surface area contributed by atoms with E-state index in [0.29, 0.717) is 24.4 Å². The minimum atomic E-state index is -1.11. The first kappa shape index (κ1) is 12.4. The smallest absolute Gasteiger partial charge is 0.358 e. The molecule has 1 fully saturated rings. The van der Waals surface area contributed by atoms with E-state index < -0.39 is 5.97 Å². The second-order valence-corrected chi connectivity index (χ2v) is 4.64. The number of carboxylic acids is 1. The van der Waals surface area contributed by atoms with Crippen LogP contribution in [0.25, 0.3) is 0 Å². The number of amides is 1. The van der Waals surface area contributed by atoms with Crippen LogP contribution in [0.5, 0.6) is 0 Å². The lowest BCUT2D eigenvalue weighted by Gasteiger charge is -2.38. The van der Waals surface area contributed by atoms with E-state index in [1.54, 1.807) is 17.9 Å². The third-order valence-corrected chi connectivity index (χ3v) is 3.34. The van der Waals surface area contributed by atoms with Crippen molar-refractivity contribution >= 4 is 11.9 Å². The molecule has 1 N–H and O–H groups in total. The van der Waals surface area contributed by atoms with Gasteiger partial charge in [-0.05, 0) is 13.0 Å². The molecule has 2 aromatic rings. The summed E-state index contributed by atoms with van der Waals surface area (Å²) >= 11 is 0. The molecule has 1 aliphatic heterocycles. The number of hydrogen-bond donors (Lipinski definition) is 1. The Morgan fingerprint density at radius 1 is 1.45 bits per heavy atom. The van der Waals surface area contributed by atoms with Gasteiger partial charge in [-0.15, -0.1) is 5.10 Å². The second-order valence-electron chi connectivity index (χ2n) is 4.64. The normalized spacial score (nSPS) is 15.2. The molecule has 1 saturated heterocycles. The lowest BCUT2D eigenvalue weighted by molar-refractivity contribution is 0.0495. The van der Waals surface area contributed by atoms with Gasteiger partial charge in [0.1, 0.15) is 5.76 Å². The number of furan rings is 1. The van der Waals surface area contributed by atoms with Crippen LogP contribution in [-0.4, -0.2) is 50.0 Å². The summed E-state index contributed by atoms with van der Waals surface area (Å²) in [7, 11) is 0. The molecule has 0 saturated carbocycles. The highest BCUT2D eigenvalue weighted by Crippen LogP contribution is 2.23. The Kier molecular flexibility index (Phi) is 2.78. The van der Waals surface area contributed by atoms with Crippen LogP contribution < -0.4 is 0 Å². The quantitative estimate of drug-likeness (QED) is 0.879. The van der Waals surface area contributed by atoms with E-state index >= 15 is 0 Å². The third kappa shape index (κ3) is 1.94. The molecule has 20 heavy (non-hydrogen) atoms. The van der Waals surface area contributed by atoms with Crippen molar-refractivity contribution in [3.63, 3.8) is 0 Å². The summed E-state index contributed by atoms with van der Waals surface area (Å²) in [5.74, 6) is -0.615. The number of carbonyl (C=O) groups is 2. The van der Waals surface area contributed by atoms with E-state index in [0.717, 1.165) is 0 Å². The summed E-state index contributed by atoms with van der Waals surface area (Å²) in [5, 5.41) is 16.1. The molecule has 0 aromatic carbocycles. The first-order valence-corrected chi connectivity index (χ1v) is 6.04. The van der Waals surface area contributed by atoms with Crippen molar-refractivity contribution in [2.24, 2.45) is 0 Å². The number of nitrogens with zero attached hydrogens (tertiary/aromatic N) is 4. The second kappa shape index (κ2) is 4.48. The average molecular weight is 276 g/mol. The van der Waals surface area contributed by atoms with E-state index in [2.05, 4.69) is 10.3 Å². The zero-order valence-electron chi connectivity index (χ0n) is 10.7. The number of rotatable bonds is 3. The summed E-state index contributed by atoms with van der Waals surface area (Å²) in [6, 6.07) is 1.61. The summed E-state index contributed by atoms with van der Waals surface area (Å²) < 4.78 is 6.59. The zero-order valence-corrected chi connectivity index (χ0v) is 10.7. The Morgan fingerprint density at radius 3 is 2.75 bits per heavy atom. The lowest BCUT2D eigenvalue weighted by atomic mass is 10.1. The summed E-state index contributed by atoms with van der Waals surface area (Å²) in [6.07, 6.45) is 2.86. The van der Waals surface area contributed by atoms with Gasteiger partial charge in [-0.25, -0.2) is 9.48 Å². The molecule has 3 heterocycles. The Balaban J connectivity index is 1.65. The standard InChI is InChI=1S/C12H12N4O4/c1-7-9(2-3-20-7)11(17)15-4-8(5-15)16-6-10(12(18)19)13-14-16/h2-3,6,8H,4-5H2,1H3,(H,18,19). The number of hydrogen-bond acceptors (Lipinski definition) is 5. The Labute approximate surface area is 113 Å². The summed E-state index contributed by atoms with van der Waals surface area (Å²) in [4.78, 5) is 24.5. The highest BCUT2D eigenvalue weighted by molar-refractivity contribution is 5.95. The van der Waals surface area contributed by atoms with Crippen LogP contribution in [0.15, 0.2) is 22.9 Å². The van der Waals surface area contributed by atoms with Gasteiger partial charge in [0, 0.05) is 13.1 Å². The molecule has 1 aliphatic rings. The molecule has 0 bridgehead atoms. The summed E-state index contributed by atoms with van der Waals surface area (Å²) in [5.41, 5.74) is 0.453. The number of aryl methyl sites for hydroxylation is 1. The SMILES string of the molecule is Cc1occc1C(=O)N1CC(n2cc(C(=O)O)nn2)C1. The molecule has 8 nitrogen and oxygen atoms in total. The van der Waals surface area contributed by atoms with Crippen molar-refractivity contribution in [3.05, 3.63) is 35.5 Å². The topological polar surface area (TPSA) is 101 Å². The molecule has 0 aliphatic carbocycles. The van der Waals surface area contributed by atoms with Crippen molar-refractivity contribution in [3.8, 4) is 0 Å². The molecular formula is C12H12N4O4. The number of carbonyl (C=O) groups excluding carboxylic acids is 1. The fraction of sp³-hybridized carbons (Fsp3) is 0.333. The van der Waals surface area contributed by atoms with Crippen LogP contribution in [0.2, 0.25) is 0 Å². The predicted octanol–water partition coefficient (Wildman–Crippen LogP) is 0.575.